The molecular formula is C20H22ClF3N4O3. The van der Waals surface area contributed by atoms with Gasteiger partial charge in [-0.15, -0.1) is 13.2 Å². The molecule has 3 rings (SSSR count). The Balaban J connectivity index is 1.58. The van der Waals surface area contributed by atoms with Crippen LogP contribution in [0.4, 0.5) is 18.0 Å². The highest BCUT2D eigenvalue weighted by atomic mass is 35.5. The molecule has 2 N–H and O–H groups in total. The number of urea groups is 1. The van der Waals surface area contributed by atoms with Crippen molar-refractivity contribution in [3.8, 4) is 5.75 Å². The number of alkyl halides is 3. The summed E-state index contributed by atoms with van der Waals surface area (Å²) < 4.78 is 40.8. The molecule has 0 aliphatic carbocycles. The number of fused-ring (bicyclic) bond motifs is 1. The van der Waals surface area contributed by atoms with Crippen LogP contribution in [0.5, 0.6) is 5.75 Å². The highest BCUT2D eigenvalue weighted by Crippen LogP contribution is 2.30. The van der Waals surface area contributed by atoms with Gasteiger partial charge in [0.25, 0.3) is 0 Å². The van der Waals surface area contributed by atoms with E-state index in [2.05, 4.69) is 20.0 Å². The molecule has 0 unspecified atom stereocenters. The van der Waals surface area contributed by atoms with E-state index in [9.17, 15) is 23.1 Å². The number of carbonyl (C=O) groups excluding carboxylic acids is 1. The fourth-order valence-corrected chi connectivity index (χ4v) is 3.39. The van der Waals surface area contributed by atoms with Crippen LogP contribution in [-0.4, -0.2) is 45.5 Å². The van der Waals surface area contributed by atoms with E-state index in [1.165, 1.54) is 12.1 Å². The Kier molecular flexibility index (Phi) is 7.22. The maximum Gasteiger partial charge on any atom is 0.573 e. The molecule has 0 radical (unpaired) electrons. The summed E-state index contributed by atoms with van der Waals surface area (Å²) in [5.41, 5.74) is 2.29. The lowest BCUT2D eigenvalue weighted by atomic mass is 10.1. The molecule has 1 aromatic heterocycles. The number of hydrogen-bond acceptors (Lipinski definition) is 5. The summed E-state index contributed by atoms with van der Waals surface area (Å²) in [7, 11) is 0. The Morgan fingerprint density at radius 1 is 1.42 bits per heavy atom. The maximum absolute atomic E-state index is 12.6. The van der Waals surface area contributed by atoms with Crippen molar-refractivity contribution in [1.82, 2.24) is 20.2 Å². The number of carbonyl (C=O) groups is 1. The van der Waals surface area contributed by atoms with Crippen molar-refractivity contribution in [1.29, 1.82) is 0 Å². The van der Waals surface area contributed by atoms with Crippen LogP contribution in [0.3, 0.4) is 0 Å². The molecule has 0 saturated carbocycles. The van der Waals surface area contributed by atoms with E-state index < -0.39 is 12.1 Å². The van der Waals surface area contributed by atoms with Crippen molar-refractivity contribution in [2.75, 3.05) is 13.2 Å². The highest BCUT2D eigenvalue weighted by molar-refractivity contribution is 6.32. The quantitative estimate of drug-likeness (QED) is 0.692. The molecule has 0 bridgehead atoms. The van der Waals surface area contributed by atoms with Gasteiger partial charge in [0.05, 0.1) is 17.3 Å². The van der Waals surface area contributed by atoms with Gasteiger partial charge >= 0.3 is 12.4 Å². The van der Waals surface area contributed by atoms with E-state index in [-0.39, 0.29) is 30.1 Å². The zero-order chi connectivity index (χ0) is 22.6. The van der Waals surface area contributed by atoms with Gasteiger partial charge in [-0.2, -0.15) is 0 Å². The summed E-state index contributed by atoms with van der Waals surface area (Å²) >= 11 is 5.84. The highest BCUT2D eigenvalue weighted by Gasteiger charge is 2.32. The van der Waals surface area contributed by atoms with Crippen molar-refractivity contribution in [2.45, 2.75) is 39.2 Å². The first-order valence-corrected chi connectivity index (χ1v) is 10.0. The van der Waals surface area contributed by atoms with Crippen LogP contribution in [0.15, 0.2) is 24.4 Å². The van der Waals surface area contributed by atoms with Gasteiger partial charge in [0.15, 0.2) is 0 Å². The van der Waals surface area contributed by atoms with Crippen LogP contribution in [0.1, 0.15) is 29.6 Å². The third-order valence-corrected chi connectivity index (χ3v) is 5.09. The number of hydrogen-bond donors (Lipinski definition) is 2. The number of ether oxygens (including phenoxy) is 1. The van der Waals surface area contributed by atoms with E-state index in [0.29, 0.717) is 37.3 Å². The lowest BCUT2D eigenvalue weighted by molar-refractivity contribution is -0.274. The molecule has 2 heterocycles. The van der Waals surface area contributed by atoms with E-state index in [1.807, 2.05) is 6.92 Å². The summed E-state index contributed by atoms with van der Waals surface area (Å²) in [5, 5.41) is 11.7. The Hall–Kier alpha value is -2.59. The van der Waals surface area contributed by atoms with Gasteiger partial charge in [0, 0.05) is 32.3 Å². The molecule has 0 saturated heterocycles. The van der Waals surface area contributed by atoms with Gasteiger partial charge in [0.2, 0.25) is 0 Å². The number of rotatable bonds is 6. The number of aromatic nitrogens is 2. The van der Waals surface area contributed by atoms with Gasteiger partial charge in [0.1, 0.15) is 11.6 Å². The molecule has 0 fully saturated rings. The zero-order valence-corrected chi connectivity index (χ0v) is 17.5. The number of amides is 2. The van der Waals surface area contributed by atoms with Gasteiger partial charge in [-0.3, -0.25) is 0 Å². The van der Waals surface area contributed by atoms with Crippen LogP contribution in [-0.2, 0) is 25.9 Å². The summed E-state index contributed by atoms with van der Waals surface area (Å²) in [6, 6.07) is 3.51. The second-order valence-electron chi connectivity index (χ2n) is 7.39. The summed E-state index contributed by atoms with van der Waals surface area (Å²) in [6.07, 6.45) is -1.90. The summed E-state index contributed by atoms with van der Waals surface area (Å²) in [4.78, 5) is 23.0. The lowest BCUT2D eigenvalue weighted by Crippen LogP contribution is -2.42. The first-order valence-electron chi connectivity index (χ1n) is 9.66. The molecule has 31 heavy (non-hydrogen) atoms. The van der Waals surface area contributed by atoms with Crippen molar-refractivity contribution >= 4 is 17.6 Å². The van der Waals surface area contributed by atoms with Crippen molar-refractivity contribution in [2.24, 2.45) is 5.92 Å². The predicted molar refractivity (Wildman–Crippen MR) is 106 cm³/mol. The average Bonchev–Trinajstić information content (AvgIpc) is 2.72. The van der Waals surface area contributed by atoms with Crippen LogP contribution in [0, 0.1) is 5.92 Å². The van der Waals surface area contributed by atoms with Crippen LogP contribution in [0.25, 0.3) is 0 Å². The first kappa shape index (κ1) is 23.1. The van der Waals surface area contributed by atoms with Crippen LogP contribution in [0.2, 0.25) is 5.02 Å². The molecule has 1 aliphatic rings. The molecule has 11 heteroatoms. The first-order chi connectivity index (χ1) is 14.6. The Labute approximate surface area is 182 Å². The number of nitrogens with one attached hydrogen (secondary N) is 1. The van der Waals surface area contributed by atoms with Gasteiger partial charge in [-0.1, -0.05) is 24.6 Å². The molecule has 7 nitrogen and oxygen atoms in total. The van der Waals surface area contributed by atoms with Crippen molar-refractivity contribution < 1.29 is 27.8 Å². The van der Waals surface area contributed by atoms with Gasteiger partial charge in [-0.25, -0.2) is 14.8 Å². The monoisotopic (exact) mass is 458 g/mol. The summed E-state index contributed by atoms with van der Waals surface area (Å²) in [5.74, 6) is 0.169. The Morgan fingerprint density at radius 3 is 2.87 bits per heavy atom. The topological polar surface area (TPSA) is 87.6 Å². The van der Waals surface area contributed by atoms with E-state index in [0.717, 1.165) is 17.3 Å². The smallest absolute Gasteiger partial charge is 0.404 e. The molecule has 1 atom stereocenters. The predicted octanol–water partition coefficient (Wildman–Crippen LogP) is 3.47. The summed E-state index contributed by atoms with van der Waals surface area (Å²) in [6.45, 7) is 2.85. The molecular weight excluding hydrogens is 437 g/mol. The van der Waals surface area contributed by atoms with Crippen LogP contribution < -0.4 is 10.1 Å². The standard InChI is InChI=1S/C20H22ClF3N4O3/c1-12(11-29)6-18-25-9-14-4-5-28(10-16(14)27-18)19(30)26-8-13-2-3-17(15(21)7-13)31-20(22,23)24/h2-3,7,9,12,29H,4-6,8,10-11H2,1H3,(H,26,30)/t12-/m1/s1. The Bertz CT molecular complexity index is 942. The molecule has 1 aromatic carbocycles. The number of benzene rings is 1. The average molecular weight is 459 g/mol. The minimum Gasteiger partial charge on any atom is -0.404 e. The van der Waals surface area contributed by atoms with Crippen LogP contribution >= 0.6 is 11.6 Å². The molecule has 2 aromatic rings. The Morgan fingerprint density at radius 2 is 2.19 bits per heavy atom. The van der Waals surface area contributed by atoms with E-state index in [1.54, 1.807) is 11.1 Å². The minimum atomic E-state index is -4.83. The van der Waals surface area contributed by atoms with E-state index >= 15 is 0 Å². The number of nitrogens with zero attached hydrogens (tertiary/aromatic N) is 3. The minimum absolute atomic E-state index is 0.0424. The normalized spacial score (nSPS) is 14.7. The maximum atomic E-state index is 12.6. The lowest BCUT2D eigenvalue weighted by Gasteiger charge is -2.28. The molecule has 2 amide bonds. The molecule has 168 valence electrons. The van der Waals surface area contributed by atoms with Gasteiger partial charge < -0.3 is 20.1 Å². The van der Waals surface area contributed by atoms with Crippen molar-refractivity contribution in [3.05, 3.63) is 52.1 Å². The number of halogens is 4. The second-order valence-corrected chi connectivity index (χ2v) is 7.80. The third-order valence-electron chi connectivity index (χ3n) is 4.79. The fraction of sp³-hybridized carbons (Fsp3) is 0.450. The second kappa shape index (κ2) is 9.69. The SMILES string of the molecule is C[C@@H](CO)Cc1ncc2c(n1)CN(C(=O)NCc1ccc(OC(F)(F)F)c(Cl)c1)CC2. The third kappa shape index (κ3) is 6.44. The molecule has 0 spiro atoms. The number of aliphatic hydroxyl groups is 1. The molecule has 1 aliphatic heterocycles. The van der Waals surface area contributed by atoms with E-state index in [4.69, 9.17) is 11.6 Å². The largest absolute Gasteiger partial charge is 0.573 e. The number of aliphatic hydroxyl groups excluding tert-OH is 1. The van der Waals surface area contributed by atoms with Crippen molar-refractivity contribution in [3.63, 3.8) is 0 Å². The fourth-order valence-electron chi connectivity index (χ4n) is 3.14. The van der Waals surface area contributed by atoms with Gasteiger partial charge in [-0.05, 0) is 35.6 Å². The zero-order valence-electron chi connectivity index (χ0n) is 16.7.